The number of carbonyl (C=O) groups is 2. The number of hydrogen-bond donors (Lipinski definition) is 1. The SMILES string of the molecule is CCOc1cc(/C=C(\C#N)C(=O)Nc2ccc(C(=O)OC)cc2)cc(Cl)c1Cc1ccccc1Br. The molecule has 0 heterocycles. The van der Waals surface area contributed by atoms with Gasteiger partial charge in [0.25, 0.3) is 5.91 Å². The summed E-state index contributed by atoms with van der Waals surface area (Å²) in [6, 6.07) is 19.4. The van der Waals surface area contributed by atoms with Crippen LogP contribution in [0.25, 0.3) is 6.08 Å². The molecular weight excluding hydrogens is 532 g/mol. The van der Waals surface area contributed by atoms with E-state index < -0.39 is 11.9 Å². The Balaban J connectivity index is 1.87. The summed E-state index contributed by atoms with van der Waals surface area (Å²) in [5, 5.41) is 12.7. The van der Waals surface area contributed by atoms with Gasteiger partial charge in [-0.05, 0) is 66.6 Å². The number of amides is 1. The topological polar surface area (TPSA) is 88.4 Å². The van der Waals surface area contributed by atoms with Crippen LogP contribution < -0.4 is 10.1 Å². The molecule has 0 aromatic heterocycles. The first-order valence-electron chi connectivity index (χ1n) is 10.7. The van der Waals surface area contributed by atoms with E-state index >= 15 is 0 Å². The number of anilines is 1. The maximum absolute atomic E-state index is 12.7. The Morgan fingerprint density at radius 2 is 1.86 bits per heavy atom. The molecule has 178 valence electrons. The van der Waals surface area contributed by atoms with Gasteiger partial charge in [0.1, 0.15) is 17.4 Å². The first kappa shape index (κ1) is 26.0. The summed E-state index contributed by atoms with van der Waals surface area (Å²) in [5.41, 5.74) is 3.09. The van der Waals surface area contributed by atoms with Gasteiger partial charge >= 0.3 is 5.97 Å². The smallest absolute Gasteiger partial charge is 0.337 e. The molecule has 8 heteroatoms. The molecule has 0 aliphatic rings. The maximum Gasteiger partial charge on any atom is 0.337 e. The molecule has 0 bridgehead atoms. The zero-order valence-corrected chi connectivity index (χ0v) is 21.4. The number of ether oxygens (including phenoxy) is 2. The zero-order chi connectivity index (χ0) is 25.4. The number of methoxy groups -OCH3 is 1. The zero-order valence-electron chi connectivity index (χ0n) is 19.1. The van der Waals surface area contributed by atoms with E-state index in [9.17, 15) is 14.9 Å². The molecule has 0 saturated carbocycles. The van der Waals surface area contributed by atoms with E-state index in [1.165, 1.54) is 25.3 Å². The van der Waals surface area contributed by atoms with Crippen molar-refractivity contribution in [2.45, 2.75) is 13.3 Å². The first-order valence-corrected chi connectivity index (χ1v) is 11.8. The van der Waals surface area contributed by atoms with Crippen molar-refractivity contribution in [3.05, 3.63) is 98.0 Å². The molecule has 1 N–H and O–H groups in total. The van der Waals surface area contributed by atoms with E-state index in [1.807, 2.05) is 37.3 Å². The number of nitrogens with zero attached hydrogens (tertiary/aromatic N) is 1. The van der Waals surface area contributed by atoms with Gasteiger partial charge in [-0.15, -0.1) is 0 Å². The van der Waals surface area contributed by atoms with Crippen molar-refractivity contribution >= 4 is 51.2 Å². The highest BCUT2D eigenvalue weighted by molar-refractivity contribution is 9.10. The number of halogens is 2. The minimum Gasteiger partial charge on any atom is -0.494 e. The fraction of sp³-hybridized carbons (Fsp3) is 0.148. The van der Waals surface area contributed by atoms with Gasteiger partial charge < -0.3 is 14.8 Å². The number of rotatable bonds is 8. The normalized spacial score (nSPS) is 10.9. The molecule has 3 rings (SSSR count). The number of hydrogen-bond acceptors (Lipinski definition) is 5. The quantitative estimate of drug-likeness (QED) is 0.197. The summed E-state index contributed by atoms with van der Waals surface area (Å²) in [5.74, 6) is -0.492. The molecule has 0 spiro atoms. The highest BCUT2D eigenvalue weighted by atomic mass is 79.9. The van der Waals surface area contributed by atoms with Crippen LogP contribution in [-0.2, 0) is 16.0 Å². The molecule has 3 aromatic rings. The van der Waals surface area contributed by atoms with Gasteiger partial charge in [0.05, 0.1) is 19.3 Å². The molecule has 0 atom stereocenters. The third-order valence-electron chi connectivity index (χ3n) is 5.04. The van der Waals surface area contributed by atoms with Crippen molar-refractivity contribution in [1.82, 2.24) is 0 Å². The average molecular weight is 554 g/mol. The number of carbonyl (C=O) groups excluding carboxylic acids is 2. The summed E-state index contributed by atoms with van der Waals surface area (Å²) in [6.07, 6.45) is 2.00. The Hall–Kier alpha value is -3.60. The van der Waals surface area contributed by atoms with Crippen LogP contribution in [0.3, 0.4) is 0 Å². The van der Waals surface area contributed by atoms with Crippen LogP contribution in [0.2, 0.25) is 5.02 Å². The lowest BCUT2D eigenvalue weighted by Gasteiger charge is -2.14. The predicted molar refractivity (Wildman–Crippen MR) is 140 cm³/mol. The van der Waals surface area contributed by atoms with Crippen molar-refractivity contribution in [2.75, 3.05) is 19.0 Å². The average Bonchev–Trinajstić information content (AvgIpc) is 2.85. The van der Waals surface area contributed by atoms with Gasteiger partial charge in [-0.2, -0.15) is 5.26 Å². The number of nitrogens with one attached hydrogen (secondary N) is 1. The molecule has 1 amide bonds. The van der Waals surface area contributed by atoms with E-state index in [2.05, 4.69) is 26.0 Å². The van der Waals surface area contributed by atoms with Gasteiger partial charge in [-0.3, -0.25) is 4.79 Å². The van der Waals surface area contributed by atoms with Gasteiger partial charge in [0.15, 0.2) is 0 Å². The van der Waals surface area contributed by atoms with Crippen LogP contribution in [-0.4, -0.2) is 25.6 Å². The van der Waals surface area contributed by atoms with Crippen molar-refractivity contribution < 1.29 is 19.1 Å². The molecule has 6 nitrogen and oxygen atoms in total. The third-order valence-corrected chi connectivity index (χ3v) is 6.15. The second kappa shape index (κ2) is 12.2. The highest BCUT2D eigenvalue weighted by Crippen LogP contribution is 2.33. The second-order valence-corrected chi connectivity index (χ2v) is 8.64. The lowest BCUT2D eigenvalue weighted by atomic mass is 10.0. The molecule has 35 heavy (non-hydrogen) atoms. The van der Waals surface area contributed by atoms with Crippen LogP contribution in [0.5, 0.6) is 5.75 Å². The van der Waals surface area contributed by atoms with Gasteiger partial charge in [-0.1, -0.05) is 45.7 Å². The van der Waals surface area contributed by atoms with Crippen LogP contribution >= 0.6 is 27.5 Å². The Labute approximate surface area is 217 Å². The molecule has 0 aliphatic carbocycles. The molecule has 0 unspecified atom stereocenters. The van der Waals surface area contributed by atoms with Crippen LogP contribution in [0.1, 0.15) is 34.0 Å². The van der Waals surface area contributed by atoms with E-state index in [0.717, 1.165) is 15.6 Å². The molecule has 3 aromatic carbocycles. The second-order valence-electron chi connectivity index (χ2n) is 7.37. The summed E-state index contributed by atoms with van der Waals surface area (Å²) < 4.78 is 11.5. The Morgan fingerprint density at radius 1 is 1.14 bits per heavy atom. The third kappa shape index (κ3) is 6.72. The van der Waals surface area contributed by atoms with E-state index in [4.69, 9.17) is 16.3 Å². The lowest BCUT2D eigenvalue weighted by molar-refractivity contribution is -0.112. The minimum atomic E-state index is -0.593. The van der Waals surface area contributed by atoms with Crippen LogP contribution in [0.15, 0.2) is 70.7 Å². The van der Waals surface area contributed by atoms with Crippen LogP contribution in [0.4, 0.5) is 5.69 Å². The summed E-state index contributed by atoms with van der Waals surface area (Å²) in [7, 11) is 1.29. The Bertz CT molecular complexity index is 1310. The minimum absolute atomic E-state index is 0.112. The lowest BCUT2D eigenvalue weighted by Crippen LogP contribution is -2.13. The van der Waals surface area contributed by atoms with Gasteiger partial charge in [-0.25, -0.2) is 4.79 Å². The molecule has 0 fully saturated rings. The highest BCUT2D eigenvalue weighted by Gasteiger charge is 2.15. The summed E-state index contributed by atoms with van der Waals surface area (Å²) >= 11 is 10.2. The van der Waals surface area contributed by atoms with E-state index in [-0.39, 0.29) is 5.57 Å². The monoisotopic (exact) mass is 552 g/mol. The summed E-state index contributed by atoms with van der Waals surface area (Å²) in [4.78, 5) is 24.3. The number of benzene rings is 3. The molecule has 0 aliphatic heterocycles. The van der Waals surface area contributed by atoms with Crippen molar-refractivity contribution in [3.63, 3.8) is 0 Å². The number of nitriles is 1. The Kier molecular flexibility index (Phi) is 9.07. The van der Waals surface area contributed by atoms with E-state index in [0.29, 0.717) is 40.6 Å². The number of esters is 1. The standard InChI is InChI=1S/C27H22BrClN2O4/c1-3-35-25-14-17(13-24(29)22(25)15-19-6-4-5-7-23(19)28)12-20(16-30)26(32)31-21-10-8-18(9-11-21)27(33)34-2/h4-14H,3,15H2,1-2H3,(H,31,32)/b20-12+. The largest absolute Gasteiger partial charge is 0.494 e. The van der Waals surface area contributed by atoms with Gasteiger partial charge in [0, 0.05) is 27.2 Å². The predicted octanol–water partition coefficient (Wildman–Crippen LogP) is 6.42. The molecule has 0 radical (unpaired) electrons. The fourth-order valence-electron chi connectivity index (χ4n) is 3.32. The van der Waals surface area contributed by atoms with Gasteiger partial charge in [0.2, 0.25) is 0 Å². The first-order chi connectivity index (χ1) is 16.9. The fourth-order valence-corrected chi connectivity index (χ4v) is 4.03. The Morgan fingerprint density at radius 3 is 2.49 bits per heavy atom. The maximum atomic E-state index is 12.7. The summed E-state index contributed by atoms with van der Waals surface area (Å²) in [6.45, 7) is 2.30. The van der Waals surface area contributed by atoms with E-state index in [1.54, 1.807) is 24.3 Å². The van der Waals surface area contributed by atoms with Crippen molar-refractivity contribution in [2.24, 2.45) is 0 Å². The molecular formula is C27H22BrClN2O4. The van der Waals surface area contributed by atoms with Crippen LogP contribution in [0, 0.1) is 11.3 Å². The van der Waals surface area contributed by atoms with Crippen molar-refractivity contribution in [1.29, 1.82) is 5.26 Å². The van der Waals surface area contributed by atoms with Crippen molar-refractivity contribution in [3.8, 4) is 11.8 Å². The molecule has 0 saturated heterocycles.